The minimum atomic E-state index is -1.75. The van der Waals surface area contributed by atoms with Crippen LogP contribution in [0.5, 0.6) is 0 Å². The minimum absolute atomic E-state index is 0.00230. The summed E-state index contributed by atoms with van der Waals surface area (Å²) in [6.07, 6.45) is -1.24. The zero-order valence-electron chi connectivity index (χ0n) is 18.7. The van der Waals surface area contributed by atoms with Gasteiger partial charge in [0.1, 0.15) is 18.1 Å². The number of amides is 3. The molecule has 0 aromatic rings. The van der Waals surface area contributed by atoms with Crippen molar-refractivity contribution in [3.63, 3.8) is 0 Å². The van der Waals surface area contributed by atoms with Gasteiger partial charge in [-0.15, -0.1) is 0 Å². The molecule has 198 valence electrons. The Morgan fingerprint density at radius 3 is 1.83 bits per heavy atom. The fourth-order valence-electron chi connectivity index (χ4n) is 2.57. The molecule has 35 heavy (non-hydrogen) atoms. The molecule has 0 heterocycles. The summed E-state index contributed by atoms with van der Waals surface area (Å²) in [5.41, 5.74) is 16.1. The molecule has 0 bridgehead atoms. The van der Waals surface area contributed by atoms with Gasteiger partial charge in [0.15, 0.2) is 5.96 Å². The number of hydrogen-bond donors (Lipinski definition) is 10. The molecule has 0 aromatic heterocycles. The molecule has 4 atom stereocenters. The SMILES string of the molecule is NC(N)=NCCCC(NC(=O)C(N)CCC(=O)O)C(=O)NC(CS)C(=O)NC(CC(=O)O)C(=O)O. The van der Waals surface area contributed by atoms with Crippen LogP contribution in [-0.4, -0.2) is 93.4 Å². The van der Waals surface area contributed by atoms with Crippen LogP contribution in [0.25, 0.3) is 0 Å². The predicted molar refractivity (Wildman–Crippen MR) is 124 cm³/mol. The zero-order chi connectivity index (χ0) is 27.1. The van der Waals surface area contributed by atoms with Crippen molar-refractivity contribution in [2.24, 2.45) is 22.2 Å². The van der Waals surface area contributed by atoms with Crippen molar-refractivity contribution in [3.8, 4) is 0 Å². The molecule has 0 aliphatic carbocycles. The van der Waals surface area contributed by atoms with Crippen molar-refractivity contribution in [3.05, 3.63) is 0 Å². The van der Waals surface area contributed by atoms with Crippen LogP contribution >= 0.6 is 12.6 Å². The van der Waals surface area contributed by atoms with Crippen LogP contribution in [0.4, 0.5) is 0 Å². The molecule has 0 rings (SSSR count). The number of carboxylic acid groups (broad SMARTS) is 3. The second-order valence-electron chi connectivity index (χ2n) is 7.29. The quantitative estimate of drug-likeness (QED) is 0.0381. The Morgan fingerprint density at radius 1 is 0.800 bits per heavy atom. The van der Waals surface area contributed by atoms with E-state index in [-0.39, 0.29) is 43.9 Å². The topological polar surface area (TPSA) is 290 Å². The summed E-state index contributed by atoms with van der Waals surface area (Å²) in [7, 11) is 0. The summed E-state index contributed by atoms with van der Waals surface area (Å²) in [5.74, 6) is -7.37. The average Bonchev–Trinajstić information content (AvgIpc) is 2.76. The predicted octanol–water partition coefficient (Wildman–Crippen LogP) is -3.82. The van der Waals surface area contributed by atoms with Crippen LogP contribution in [0.15, 0.2) is 4.99 Å². The Morgan fingerprint density at radius 2 is 1.34 bits per heavy atom. The molecule has 0 spiro atoms. The fourth-order valence-corrected chi connectivity index (χ4v) is 2.83. The van der Waals surface area contributed by atoms with Gasteiger partial charge in [-0.1, -0.05) is 0 Å². The molecule has 4 unspecified atom stereocenters. The number of thiol groups is 1. The molecule has 0 radical (unpaired) electrons. The number of carbonyl (C=O) groups excluding carboxylic acids is 3. The van der Waals surface area contributed by atoms with Crippen LogP contribution in [-0.2, 0) is 28.8 Å². The summed E-state index contributed by atoms with van der Waals surface area (Å²) in [5, 5.41) is 33.3. The molecule has 16 nitrogen and oxygen atoms in total. The Hall–Kier alpha value is -3.60. The molecular weight excluding hydrogens is 490 g/mol. The maximum atomic E-state index is 12.8. The first-order valence-corrected chi connectivity index (χ1v) is 10.9. The summed E-state index contributed by atoms with van der Waals surface area (Å²) >= 11 is 3.95. The van der Waals surface area contributed by atoms with Gasteiger partial charge in [0, 0.05) is 18.7 Å². The highest BCUT2D eigenvalue weighted by Crippen LogP contribution is 2.04. The molecule has 0 aliphatic heterocycles. The van der Waals surface area contributed by atoms with Crippen LogP contribution in [0.2, 0.25) is 0 Å². The zero-order valence-corrected chi connectivity index (χ0v) is 19.6. The third kappa shape index (κ3) is 13.6. The van der Waals surface area contributed by atoms with E-state index in [0.29, 0.717) is 0 Å². The Balaban J connectivity index is 5.38. The fraction of sp³-hybridized carbons (Fsp3) is 0.611. The largest absolute Gasteiger partial charge is 0.481 e. The van der Waals surface area contributed by atoms with E-state index in [9.17, 15) is 28.8 Å². The number of nitrogens with zero attached hydrogens (tertiary/aromatic N) is 1. The van der Waals surface area contributed by atoms with Crippen molar-refractivity contribution < 1.29 is 44.1 Å². The number of hydrogen-bond acceptors (Lipinski definition) is 9. The molecule has 0 saturated heterocycles. The van der Waals surface area contributed by atoms with E-state index >= 15 is 0 Å². The average molecular weight is 522 g/mol. The Labute approximate surface area is 205 Å². The maximum Gasteiger partial charge on any atom is 0.326 e. The van der Waals surface area contributed by atoms with Gasteiger partial charge in [-0.25, -0.2) is 4.79 Å². The van der Waals surface area contributed by atoms with Crippen LogP contribution in [0.3, 0.4) is 0 Å². The van der Waals surface area contributed by atoms with Gasteiger partial charge in [0.2, 0.25) is 17.7 Å². The van der Waals surface area contributed by atoms with Gasteiger partial charge in [0.25, 0.3) is 0 Å². The lowest BCUT2D eigenvalue weighted by molar-refractivity contribution is -0.147. The van der Waals surface area contributed by atoms with E-state index < -0.39 is 66.2 Å². The van der Waals surface area contributed by atoms with E-state index in [1.165, 1.54) is 0 Å². The number of nitrogens with one attached hydrogen (secondary N) is 3. The lowest BCUT2D eigenvalue weighted by Gasteiger charge is -2.24. The van der Waals surface area contributed by atoms with Crippen LogP contribution in [0.1, 0.15) is 32.1 Å². The van der Waals surface area contributed by atoms with E-state index in [2.05, 4.69) is 28.3 Å². The number of carboxylic acids is 3. The van der Waals surface area contributed by atoms with E-state index in [0.717, 1.165) is 0 Å². The molecule has 3 amide bonds. The van der Waals surface area contributed by atoms with Gasteiger partial charge in [-0.05, 0) is 19.3 Å². The monoisotopic (exact) mass is 521 g/mol. The number of guanidine groups is 1. The molecule has 0 aromatic carbocycles. The van der Waals surface area contributed by atoms with Gasteiger partial charge >= 0.3 is 17.9 Å². The smallest absolute Gasteiger partial charge is 0.326 e. The highest BCUT2D eigenvalue weighted by molar-refractivity contribution is 7.80. The van der Waals surface area contributed by atoms with Crippen molar-refractivity contribution in [2.45, 2.75) is 56.3 Å². The van der Waals surface area contributed by atoms with E-state index in [1.807, 2.05) is 5.32 Å². The minimum Gasteiger partial charge on any atom is -0.481 e. The summed E-state index contributed by atoms with van der Waals surface area (Å²) in [6, 6.07) is -5.59. The van der Waals surface area contributed by atoms with Crippen molar-refractivity contribution in [1.29, 1.82) is 0 Å². The Bertz CT molecular complexity index is 820. The third-order valence-electron chi connectivity index (χ3n) is 4.39. The number of rotatable bonds is 17. The summed E-state index contributed by atoms with van der Waals surface area (Å²) in [6.45, 7) is 0.110. The number of aliphatic imine (C=N–C) groups is 1. The standard InChI is InChI=1S/C18H31N7O9S/c19-8(3-4-12(26)27)14(30)23-9(2-1-5-22-18(20)21)15(31)25-11(7-35)16(32)24-10(17(33)34)6-13(28)29/h8-11,35H,1-7,19H2,(H,23,30)(H,24,32)(H,25,31)(H,26,27)(H,28,29)(H,33,34)(H4,20,21,22). The van der Waals surface area contributed by atoms with E-state index in [4.69, 9.17) is 32.5 Å². The Kier molecular flexibility index (Phi) is 14.4. The number of aliphatic carboxylic acids is 3. The molecule has 0 aliphatic rings. The molecule has 17 heteroatoms. The van der Waals surface area contributed by atoms with Gasteiger partial charge in [-0.3, -0.25) is 29.0 Å². The first-order chi connectivity index (χ1) is 16.3. The van der Waals surface area contributed by atoms with Crippen molar-refractivity contribution in [2.75, 3.05) is 12.3 Å². The first kappa shape index (κ1) is 31.4. The summed E-state index contributed by atoms with van der Waals surface area (Å²) in [4.78, 5) is 74.0. The van der Waals surface area contributed by atoms with Crippen LogP contribution in [0, 0.1) is 0 Å². The van der Waals surface area contributed by atoms with Crippen molar-refractivity contribution >= 4 is 54.2 Å². The van der Waals surface area contributed by atoms with Gasteiger partial charge < -0.3 is 48.5 Å². The number of carbonyl (C=O) groups is 6. The highest BCUT2D eigenvalue weighted by Gasteiger charge is 2.30. The van der Waals surface area contributed by atoms with Gasteiger partial charge in [-0.2, -0.15) is 12.6 Å². The van der Waals surface area contributed by atoms with Crippen molar-refractivity contribution in [1.82, 2.24) is 16.0 Å². The van der Waals surface area contributed by atoms with Crippen LogP contribution < -0.4 is 33.2 Å². The molecule has 0 saturated carbocycles. The van der Waals surface area contributed by atoms with Gasteiger partial charge in [0.05, 0.1) is 12.5 Å². The summed E-state index contributed by atoms with van der Waals surface area (Å²) < 4.78 is 0. The molecular formula is C18H31N7O9S. The number of nitrogens with two attached hydrogens (primary N) is 3. The highest BCUT2D eigenvalue weighted by atomic mass is 32.1. The lowest BCUT2D eigenvalue weighted by atomic mass is 10.1. The second-order valence-corrected chi connectivity index (χ2v) is 7.66. The normalized spacial score (nSPS) is 13.9. The second kappa shape index (κ2) is 16.1. The first-order valence-electron chi connectivity index (χ1n) is 10.3. The lowest BCUT2D eigenvalue weighted by Crippen LogP contribution is -2.57. The third-order valence-corrected chi connectivity index (χ3v) is 4.76. The molecule has 0 fully saturated rings. The van der Waals surface area contributed by atoms with E-state index in [1.54, 1.807) is 0 Å². The maximum absolute atomic E-state index is 12.8. The molecule has 12 N–H and O–H groups in total.